The zero-order valence-corrected chi connectivity index (χ0v) is 15.0. The highest BCUT2D eigenvalue weighted by Gasteiger charge is 2.26. The fourth-order valence-corrected chi connectivity index (χ4v) is 4.03. The van der Waals surface area contributed by atoms with Crippen molar-refractivity contribution in [1.29, 1.82) is 0 Å². The van der Waals surface area contributed by atoms with Crippen molar-refractivity contribution >= 4 is 0 Å². The monoisotopic (exact) mass is 341 g/mol. The summed E-state index contributed by atoms with van der Waals surface area (Å²) in [5, 5.41) is 0. The third kappa shape index (κ3) is 3.88. The molecule has 0 bridgehead atoms. The Morgan fingerprint density at radius 1 is 1.08 bits per heavy atom. The molecule has 0 N–H and O–H groups in total. The van der Waals surface area contributed by atoms with E-state index in [-0.39, 0.29) is 0 Å². The molecular formula is C20H27N3O2. The number of nitrogens with zero attached hydrogens (tertiary/aromatic N) is 3. The normalized spacial score (nSPS) is 20.2. The van der Waals surface area contributed by atoms with Crippen LogP contribution in [-0.4, -0.2) is 54.1 Å². The Morgan fingerprint density at radius 3 is 2.48 bits per heavy atom. The number of methoxy groups -OCH3 is 1. The quantitative estimate of drug-likeness (QED) is 0.834. The lowest BCUT2D eigenvalue weighted by Crippen LogP contribution is -2.49. The molecule has 1 saturated heterocycles. The molecule has 5 heteroatoms. The van der Waals surface area contributed by atoms with Crippen LogP contribution >= 0.6 is 0 Å². The molecule has 0 unspecified atom stereocenters. The van der Waals surface area contributed by atoms with Crippen molar-refractivity contribution in [1.82, 2.24) is 14.8 Å². The van der Waals surface area contributed by atoms with Gasteiger partial charge in [-0.25, -0.2) is 4.98 Å². The van der Waals surface area contributed by atoms with E-state index in [0.717, 1.165) is 42.7 Å². The highest BCUT2D eigenvalue weighted by molar-refractivity contribution is 5.54. The Bertz CT molecular complexity index is 669. The van der Waals surface area contributed by atoms with Gasteiger partial charge in [-0.2, -0.15) is 0 Å². The first-order chi connectivity index (χ1) is 12.3. The molecule has 0 spiro atoms. The number of oxazole rings is 1. The lowest BCUT2D eigenvalue weighted by molar-refractivity contribution is 0.0929. The maximum Gasteiger partial charge on any atom is 0.226 e. The van der Waals surface area contributed by atoms with Gasteiger partial charge in [0.05, 0.1) is 12.8 Å². The van der Waals surface area contributed by atoms with Crippen LogP contribution in [0, 0.1) is 0 Å². The number of aromatic nitrogens is 1. The summed E-state index contributed by atoms with van der Waals surface area (Å²) < 4.78 is 10.9. The van der Waals surface area contributed by atoms with Gasteiger partial charge in [0.15, 0.2) is 0 Å². The fraction of sp³-hybridized carbons (Fsp3) is 0.550. The Hall–Kier alpha value is -1.85. The lowest BCUT2D eigenvalue weighted by Gasteiger charge is -2.37. The van der Waals surface area contributed by atoms with Crippen molar-refractivity contribution in [3.63, 3.8) is 0 Å². The van der Waals surface area contributed by atoms with Gasteiger partial charge in [-0.3, -0.25) is 9.80 Å². The second kappa shape index (κ2) is 7.58. The SMILES string of the molecule is COc1ccc(-c2nc(CN3CCN(C4CCCC4)CC3)co2)cc1. The minimum Gasteiger partial charge on any atom is -0.497 e. The average Bonchev–Trinajstić information content (AvgIpc) is 3.35. The Labute approximate surface area is 149 Å². The van der Waals surface area contributed by atoms with Crippen LogP contribution in [-0.2, 0) is 6.54 Å². The Balaban J connectivity index is 1.32. The molecule has 1 aromatic heterocycles. The summed E-state index contributed by atoms with van der Waals surface area (Å²) in [7, 11) is 1.67. The van der Waals surface area contributed by atoms with Crippen LogP contribution in [0.2, 0.25) is 0 Å². The van der Waals surface area contributed by atoms with Crippen LogP contribution in [0.4, 0.5) is 0 Å². The van der Waals surface area contributed by atoms with Crippen molar-refractivity contribution in [2.75, 3.05) is 33.3 Å². The number of rotatable bonds is 5. The van der Waals surface area contributed by atoms with E-state index in [9.17, 15) is 0 Å². The van der Waals surface area contributed by atoms with E-state index in [0.29, 0.717) is 5.89 Å². The molecular weight excluding hydrogens is 314 g/mol. The highest BCUT2D eigenvalue weighted by atomic mass is 16.5. The number of benzene rings is 1. The van der Waals surface area contributed by atoms with Gasteiger partial charge in [0.25, 0.3) is 0 Å². The smallest absolute Gasteiger partial charge is 0.226 e. The highest BCUT2D eigenvalue weighted by Crippen LogP contribution is 2.25. The summed E-state index contributed by atoms with van der Waals surface area (Å²) >= 11 is 0. The molecule has 0 amide bonds. The maximum atomic E-state index is 5.68. The summed E-state index contributed by atoms with van der Waals surface area (Å²) in [4.78, 5) is 9.84. The largest absolute Gasteiger partial charge is 0.497 e. The van der Waals surface area contributed by atoms with Gasteiger partial charge in [-0.1, -0.05) is 12.8 Å². The lowest BCUT2D eigenvalue weighted by atomic mass is 10.2. The van der Waals surface area contributed by atoms with Crippen LogP contribution in [0.15, 0.2) is 34.9 Å². The van der Waals surface area contributed by atoms with E-state index in [4.69, 9.17) is 9.15 Å². The Morgan fingerprint density at radius 2 is 1.80 bits per heavy atom. The molecule has 0 radical (unpaired) electrons. The van der Waals surface area contributed by atoms with Gasteiger partial charge in [0.2, 0.25) is 5.89 Å². The van der Waals surface area contributed by atoms with Crippen molar-refractivity contribution in [3.05, 3.63) is 36.2 Å². The summed E-state index contributed by atoms with van der Waals surface area (Å²) in [5.41, 5.74) is 2.00. The van der Waals surface area contributed by atoms with E-state index in [2.05, 4.69) is 14.8 Å². The summed E-state index contributed by atoms with van der Waals surface area (Å²) in [6.45, 7) is 5.50. The molecule has 2 aromatic rings. The fourth-order valence-electron chi connectivity index (χ4n) is 4.03. The van der Waals surface area contributed by atoms with Crippen LogP contribution in [0.3, 0.4) is 0 Å². The van der Waals surface area contributed by atoms with Gasteiger partial charge in [0, 0.05) is 44.3 Å². The number of piperazine rings is 1. The van der Waals surface area contributed by atoms with Gasteiger partial charge in [0.1, 0.15) is 12.0 Å². The van der Waals surface area contributed by atoms with Crippen LogP contribution in [0.1, 0.15) is 31.4 Å². The zero-order chi connectivity index (χ0) is 17.1. The van der Waals surface area contributed by atoms with Crippen LogP contribution < -0.4 is 4.74 Å². The van der Waals surface area contributed by atoms with E-state index in [1.165, 1.54) is 38.8 Å². The second-order valence-electron chi connectivity index (χ2n) is 7.12. The average molecular weight is 341 g/mol. The first-order valence-corrected chi connectivity index (χ1v) is 9.37. The molecule has 1 aliphatic carbocycles. The summed E-state index contributed by atoms with van der Waals surface area (Å²) in [5.74, 6) is 1.53. The van der Waals surface area contributed by atoms with Crippen molar-refractivity contribution < 1.29 is 9.15 Å². The molecule has 1 aromatic carbocycles. The van der Waals surface area contributed by atoms with Gasteiger partial charge >= 0.3 is 0 Å². The van der Waals surface area contributed by atoms with Gasteiger partial charge in [-0.15, -0.1) is 0 Å². The summed E-state index contributed by atoms with van der Waals surface area (Å²) in [6.07, 6.45) is 7.42. The Kier molecular flexibility index (Phi) is 5.04. The summed E-state index contributed by atoms with van der Waals surface area (Å²) in [6, 6.07) is 8.67. The maximum absolute atomic E-state index is 5.68. The minimum absolute atomic E-state index is 0.683. The van der Waals surface area contributed by atoms with Crippen molar-refractivity contribution in [2.24, 2.45) is 0 Å². The van der Waals surface area contributed by atoms with E-state index < -0.39 is 0 Å². The molecule has 5 nitrogen and oxygen atoms in total. The molecule has 2 aliphatic rings. The molecule has 2 heterocycles. The van der Waals surface area contributed by atoms with E-state index in [1.54, 1.807) is 13.4 Å². The van der Waals surface area contributed by atoms with E-state index >= 15 is 0 Å². The standard InChI is InChI=1S/C20H27N3O2/c1-24-19-8-6-16(7-9-19)20-21-17(15-25-20)14-22-10-12-23(13-11-22)18-4-2-3-5-18/h6-9,15,18H,2-5,10-14H2,1H3. The van der Waals surface area contributed by atoms with Gasteiger partial charge in [-0.05, 0) is 37.1 Å². The van der Waals surface area contributed by atoms with Crippen molar-refractivity contribution in [3.8, 4) is 17.2 Å². The first-order valence-electron chi connectivity index (χ1n) is 9.37. The number of ether oxygens (including phenoxy) is 1. The third-order valence-corrected chi connectivity index (χ3v) is 5.52. The van der Waals surface area contributed by atoms with E-state index in [1.807, 2.05) is 24.3 Å². The second-order valence-corrected chi connectivity index (χ2v) is 7.12. The zero-order valence-electron chi connectivity index (χ0n) is 15.0. The molecule has 4 rings (SSSR count). The predicted octanol–water partition coefficient (Wildman–Crippen LogP) is 3.41. The molecule has 0 atom stereocenters. The van der Waals surface area contributed by atoms with Crippen molar-refractivity contribution in [2.45, 2.75) is 38.3 Å². The molecule has 134 valence electrons. The molecule has 1 saturated carbocycles. The topological polar surface area (TPSA) is 41.7 Å². The first kappa shape index (κ1) is 16.6. The molecule has 1 aliphatic heterocycles. The third-order valence-electron chi connectivity index (χ3n) is 5.52. The molecule has 25 heavy (non-hydrogen) atoms. The predicted molar refractivity (Wildman–Crippen MR) is 97.6 cm³/mol. The number of hydrogen-bond acceptors (Lipinski definition) is 5. The van der Waals surface area contributed by atoms with Crippen LogP contribution in [0.25, 0.3) is 11.5 Å². The number of hydrogen-bond donors (Lipinski definition) is 0. The minimum atomic E-state index is 0.683. The van der Waals surface area contributed by atoms with Gasteiger partial charge < -0.3 is 9.15 Å². The van der Waals surface area contributed by atoms with Crippen LogP contribution in [0.5, 0.6) is 5.75 Å². The molecule has 2 fully saturated rings.